The van der Waals surface area contributed by atoms with Crippen molar-refractivity contribution < 1.29 is 9.59 Å². The van der Waals surface area contributed by atoms with Crippen molar-refractivity contribution in [3.63, 3.8) is 0 Å². The lowest BCUT2D eigenvalue weighted by atomic mass is 10.3. The summed E-state index contributed by atoms with van der Waals surface area (Å²) in [6, 6.07) is 0.403. The lowest BCUT2D eigenvalue weighted by molar-refractivity contribution is -0.129. The minimum atomic E-state index is 0.204. The molecular formula is C11H21NO2. The van der Waals surface area contributed by atoms with Gasteiger partial charge >= 0.3 is 0 Å². The summed E-state index contributed by atoms with van der Waals surface area (Å²) in [7, 11) is 0. The van der Waals surface area contributed by atoms with E-state index in [1.165, 1.54) is 0 Å². The van der Waals surface area contributed by atoms with Gasteiger partial charge in [0.05, 0.1) is 0 Å². The molecule has 1 rings (SSSR count). The minimum absolute atomic E-state index is 0.204. The fraction of sp³-hybridized carbons (Fsp3) is 0.818. The van der Waals surface area contributed by atoms with Gasteiger partial charge in [-0.05, 0) is 20.3 Å². The van der Waals surface area contributed by atoms with Crippen LogP contribution in [0.3, 0.4) is 0 Å². The monoisotopic (exact) mass is 199 g/mol. The van der Waals surface area contributed by atoms with Gasteiger partial charge in [0.15, 0.2) is 0 Å². The summed E-state index contributed by atoms with van der Waals surface area (Å²) in [5.74, 6) is 0.528. The number of amides is 1. The first-order chi connectivity index (χ1) is 6.49. The first kappa shape index (κ1) is 13.1. The zero-order valence-corrected chi connectivity index (χ0v) is 9.62. The SMILES string of the molecule is CC(C)C=O.CC(C)N1CCCC1=O. The van der Waals surface area contributed by atoms with Crippen LogP contribution >= 0.6 is 0 Å². The Bertz CT molecular complexity index is 188. The maximum absolute atomic E-state index is 10.9. The largest absolute Gasteiger partial charge is 0.340 e. The van der Waals surface area contributed by atoms with Gasteiger partial charge in [0.1, 0.15) is 6.29 Å². The highest BCUT2D eigenvalue weighted by atomic mass is 16.2. The number of likely N-dealkylation sites (tertiary alicyclic amines) is 1. The summed E-state index contributed by atoms with van der Waals surface area (Å²) in [6.07, 6.45) is 2.73. The third-order valence-corrected chi connectivity index (χ3v) is 2.01. The average Bonchev–Trinajstić information content (AvgIpc) is 2.52. The fourth-order valence-corrected chi connectivity index (χ4v) is 1.22. The second kappa shape index (κ2) is 6.57. The van der Waals surface area contributed by atoms with Crippen molar-refractivity contribution in [2.75, 3.05) is 6.54 Å². The molecule has 1 aliphatic rings. The highest BCUT2D eigenvalue weighted by Gasteiger charge is 2.21. The van der Waals surface area contributed by atoms with Crippen LogP contribution in [0.1, 0.15) is 40.5 Å². The van der Waals surface area contributed by atoms with Crippen molar-refractivity contribution in [3.8, 4) is 0 Å². The normalized spacial score (nSPS) is 15.9. The van der Waals surface area contributed by atoms with E-state index in [1.807, 2.05) is 18.7 Å². The highest BCUT2D eigenvalue weighted by Crippen LogP contribution is 2.12. The van der Waals surface area contributed by atoms with Gasteiger partial charge in [-0.3, -0.25) is 4.79 Å². The lowest BCUT2D eigenvalue weighted by Crippen LogP contribution is -2.31. The lowest BCUT2D eigenvalue weighted by Gasteiger charge is -2.19. The Labute approximate surface area is 86.5 Å². The number of hydrogen-bond donors (Lipinski definition) is 0. The van der Waals surface area contributed by atoms with Gasteiger partial charge in [0.25, 0.3) is 0 Å². The van der Waals surface area contributed by atoms with E-state index in [-0.39, 0.29) is 5.92 Å². The number of hydrogen-bond acceptors (Lipinski definition) is 2. The second-order valence-electron chi connectivity index (χ2n) is 4.16. The first-order valence-electron chi connectivity index (χ1n) is 5.23. The van der Waals surface area contributed by atoms with Gasteiger partial charge in [-0.1, -0.05) is 13.8 Å². The molecule has 0 bridgehead atoms. The molecule has 0 aliphatic carbocycles. The summed E-state index contributed by atoms with van der Waals surface area (Å²) in [4.78, 5) is 22.4. The van der Waals surface area contributed by atoms with Gasteiger partial charge in [0, 0.05) is 24.9 Å². The first-order valence-corrected chi connectivity index (χ1v) is 5.23. The Morgan fingerprint density at radius 1 is 1.29 bits per heavy atom. The third kappa shape index (κ3) is 5.00. The van der Waals surface area contributed by atoms with E-state index in [0.717, 1.165) is 25.7 Å². The van der Waals surface area contributed by atoms with Crippen LogP contribution in [0.4, 0.5) is 0 Å². The molecule has 0 aromatic heterocycles. The number of nitrogens with zero attached hydrogens (tertiary/aromatic N) is 1. The van der Waals surface area contributed by atoms with E-state index in [2.05, 4.69) is 13.8 Å². The number of carbonyl (C=O) groups is 2. The maximum atomic E-state index is 10.9. The molecule has 1 aliphatic heterocycles. The summed E-state index contributed by atoms with van der Waals surface area (Å²) in [5, 5.41) is 0. The summed E-state index contributed by atoms with van der Waals surface area (Å²) in [5.41, 5.74) is 0. The molecule has 0 radical (unpaired) electrons. The smallest absolute Gasteiger partial charge is 0.222 e. The minimum Gasteiger partial charge on any atom is -0.340 e. The summed E-state index contributed by atoms with van der Waals surface area (Å²) < 4.78 is 0. The Kier molecular flexibility index (Phi) is 6.17. The van der Waals surface area contributed by atoms with E-state index in [4.69, 9.17) is 0 Å². The molecule has 0 N–H and O–H groups in total. The summed E-state index contributed by atoms with van der Waals surface area (Å²) >= 11 is 0. The molecule has 0 saturated carbocycles. The molecule has 1 fully saturated rings. The van der Waals surface area contributed by atoms with Crippen LogP contribution in [0.2, 0.25) is 0 Å². The molecule has 0 atom stereocenters. The molecule has 0 aromatic carbocycles. The standard InChI is InChI=1S/C7H13NO.C4H8O/c1-6(2)8-5-3-4-7(8)9;1-4(2)3-5/h6H,3-5H2,1-2H3;3-4H,1-2H3. The highest BCUT2D eigenvalue weighted by molar-refractivity contribution is 5.78. The Balaban J connectivity index is 0.000000292. The van der Waals surface area contributed by atoms with Gasteiger partial charge in [-0.25, -0.2) is 0 Å². The van der Waals surface area contributed by atoms with Gasteiger partial charge in [0.2, 0.25) is 5.91 Å². The van der Waals surface area contributed by atoms with Gasteiger partial charge < -0.3 is 9.69 Å². The van der Waals surface area contributed by atoms with E-state index >= 15 is 0 Å². The molecule has 1 saturated heterocycles. The Hall–Kier alpha value is -0.860. The van der Waals surface area contributed by atoms with Crippen molar-refractivity contribution >= 4 is 12.2 Å². The van der Waals surface area contributed by atoms with Gasteiger partial charge in [-0.15, -0.1) is 0 Å². The average molecular weight is 199 g/mol. The zero-order valence-electron chi connectivity index (χ0n) is 9.62. The van der Waals surface area contributed by atoms with E-state index in [9.17, 15) is 9.59 Å². The van der Waals surface area contributed by atoms with Crippen molar-refractivity contribution in [2.45, 2.75) is 46.6 Å². The topological polar surface area (TPSA) is 37.4 Å². The third-order valence-electron chi connectivity index (χ3n) is 2.01. The second-order valence-corrected chi connectivity index (χ2v) is 4.16. The number of aldehydes is 1. The molecular weight excluding hydrogens is 178 g/mol. The van der Waals surface area contributed by atoms with E-state index in [1.54, 1.807) is 0 Å². The Morgan fingerprint density at radius 2 is 1.79 bits per heavy atom. The van der Waals surface area contributed by atoms with Crippen LogP contribution < -0.4 is 0 Å². The predicted molar refractivity (Wildman–Crippen MR) is 57.0 cm³/mol. The van der Waals surface area contributed by atoms with E-state index in [0.29, 0.717) is 11.9 Å². The van der Waals surface area contributed by atoms with Crippen molar-refractivity contribution in [3.05, 3.63) is 0 Å². The van der Waals surface area contributed by atoms with Crippen LogP contribution in [-0.4, -0.2) is 29.7 Å². The molecule has 3 heteroatoms. The quantitative estimate of drug-likeness (QED) is 0.636. The molecule has 0 aromatic rings. The van der Waals surface area contributed by atoms with Crippen LogP contribution in [0, 0.1) is 5.92 Å². The van der Waals surface area contributed by atoms with Crippen molar-refractivity contribution in [1.29, 1.82) is 0 Å². The molecule has 1 heterocycles. The summed E-state index contributed by atoms with van der Waals surface area (Å²) in [6.45, 7) is 8.79. The van der Waals surface area contributed by atoms with Crippen LogP contribution in [0.25, 0.3) is 0 Å². The number of carbonyl (C=O) groups excluding carboxylic acids is 2. The van der Waals surface area contributed by atoms with Crippen LogP contribution in [0.15, 0.2) is 0 Å². The van der Waals surface area contributed by atoms with Gasteiger partial charge in [-0.2, -0.15) is 0 Å². The van der Waals surface area contributed by atoms with E-state index < -0.39 is 0 Å². The van der Waals surface area contributed by atoms with Crippen molar-refractivity contribution in [2.24, 2.45) is 5.92 Å². The zero-order chi connectivity index (χ0) is 11.1. The van der Waals surface area contributed by atoms with Crippen LogP contribution in [-0.2, 0) is 9.59 Å². The predicted octanol–water partition coefficient (Wildman–Crippen LogP) is 1.86. The van der Waals surface area contributed by atoms with Crippen molar-refractivity contribution in [1.82, 2.24) is 4.90 Å². The molecule has 1 amide bonds. The Morgan fingerprint density at radius 3 is 1.93 bits per heavy atom. The fourth-order valence-electron chi connectivity index (χ4n) is 1.22. The molecule has 0 spiro atoms. The molecule has 3 nitrogen and oxygen atoms in total. The molecule has 0 unspecified atom stereocenters. The molecule has 14 heavy (non-hydrogen) atoms. The number of rotatable bonds is 2. The molecule has 82 valence electrons. The van der Waals surface area contributed by atoms with Crippen LogP contribution in [0.5, 0.6) is 0 Å². The maximum Gasteiger partial charge on any atom is 0.222 e.